The highest BCUT2D eigenvalue weighted by atomic mass is 127. The highest BCUT2D eigenvalue weighted by Crippen LogP contribution is 2.18. The Labute approximate surface area is 98.8 Å². The zero-order valence-corrected chi connectivity index (χ0v) is 9.83. The molecule has 0 aliphatic heterocycles. The number of aromatic nitrogens is 2. The van der Waals surface area contributed by atoms with Crippen LogP contribution in [0.25, 0.3) is 5.69 Å². The van der Waals surface area contributed by atoms with Crippen molar-refractivity contribution in [3.05, 3.63) is 45.0 Å². The summed E-state index contributed by atoms with van der Waals surface area (Å²) in [5.74, 6) is -0.262. The molecule has 5 heteroatoms. The minimum Gasteiger partial charge on any atom is -0.238 e. The van der Waals surface area contributed by atoms with Crippen molar-refractivity contribution in [2.45, 2.75) is 0 Å². The van der Waals surface area contributed by atoms with E-state index in [1.165, 1.54) is 12.1 Å². The van der Waals surface area contributed by atoms with Crippen LogP contribution in [0, 0.1) is 9.39 Å². The number of hydrogen-bond acceptors (Lipinski definition) is 1. The first kappa shape index (κ1) is 9.92. The molecule has 0 saturated carbocycles. The first-order valence-electron chi connectivity index (χ1n) is 3.83. The summed E-state index contributed by atoms with van der Waals surface area (Å²) in [4.78, 5) is 0. The number of halogens is 3. The lowest BCUT2D eigenvalue weighted by Gasteiger charge is -1.99. The lowest BCUT2D eigenvalue weighted by atomic mass is 10.3. The van der Waals surface area contributed by atoms with Gasteiger partial charge in [-0.05, 0) is 46.9 Å². The molecule has 0 N–H and O–H groups in total. The van der Waals surface area contributed by atoms with Crippen LogP contribution in [-0.4, -0.2) is 9.78 Å². The molecule has 0 fully saturated rings. The summed E-state index contributed by atoms with van der Waals surface area (Å²) >= 11 is 7.89. The number of nitrogens with zero attached hydrogens (tertiary/aromatic N) is 2. The third-order valence-corrected chi connectivity index (χ3v) is 3.11. The molecule has 1 aromatic carbocycles. The second kappa shape index (κ2) is 3.86. The van der Waals surface area contributed by atoms with Crippen LogP contribution in [0.5, 0.6) is 0 Å². The summed E-state index contributed by atoms with van der Waals surface area (Å²) in [6.45, 7) is 0. The van der Waals surface area contributed by atoms with Gasteiger partial charge in [0.15, 0.2) is 5.15 Å². The van der Waals surface area contributed by atoms with Crippen molar-refractivity contribution in [1.82, 2.24) is 9.78 Å². The van der Waals surface area contributed by atoms with Gasteiger partial charge in [-0.15, -0.1) is 0 Å². The molecule has 0 saturated heterocycles. The SMILES string of the molecule is Fc1ccc(-n2cc(I)c(Cl)n2)cc1. The predicted octanol–water partition coefficient (Wildman–Crippen LogP) is 3.27. The van der Waals surface area contributed by atoms with Gasteiger partial charge in [0.2, 0.25) is 0 Å². The zero-order chi connectivity index (χ0) is 10.1. The molecular formula is C9H5ClFIN2. The smallest absolute Gasteiger partial charge is 0.164 e. The first-order chi connectivity index (χ1) is 6.66. The van der Waals surface area contributed by atoms with E-state index >= 15 is 0 Å². The second-order valence-corrected chi connectivity index (χ2v) is 4.21. The molecule has 0 aliphatic rings. The van der Waals surface area contributed by atoms with Gasteiger partial charge in [0.1, 0.15) is 5.82 Å². The Morgan fingerprint density at radius 1 is 1.29 bits per heavy atom. The van der Waals surface area contributed by atoms with Gasteiger partial charge in [0.25, 0.3) is 0 Å². The molecule has 2 rings (SSSR count). The lowest BCUT2D eigenvalue weighted by molar-refractivity contribution is 0.627. The van der Waals surface area contributed by atoms with Crippen molar-refractivity contribution in [2.24, 2.45) is 0 Å². The average molecular weight is 323 g/mol. The first-order valence-corrected chi connectivity index (χ1v) is 5.29. The lowest BCUT2D eigenvalue weighted by Crippen LogP contribution is -1.93. The molecule has 0 atom stereocenters. The second-order valence-electron chi connectivity index (χ2n) is 2.69. The molecular weight excluding hydrogens is 317 g/mol. The van der Waals surface area contributed by atoms with Crippen molar-refractivity contribution < 1.29 is 4.39 Å². The summed E-state index contributed by atoms with van der Waals surface area (Å²) in [7, 11) is 0. The number of benzene rings is 1. The van der Waals surface area contributed by atoms with Crippen LogP contribution in [0.4, 0.5) is 4.39 Å². The van der Waals surface area contributed by atoms with E-state index in [1.54, 1.807) is 23.0 Å². The van der Waals surface area contributed by atoms with E-state index in [0.717, 1.165) is 9.26 Å². The van der Waals surface area contributed by atoms with Gasteiger partial charge in [-0.25, -0.2) is 9.07 Å². The van der Waals surface area contributed by atoms with Crippen molar-refractivity contribution in [1.29, 1.82) is 0 Å². The standard InChI is InChI=1S/C9H5ClFIN2/c10-9-8(12)5-14(13-9)7-3-1-6(11)2-4-7/h1-5H. The maximum absolute atomic E-state index is 12.6. The highest BCUT2D eigenvalue weighted by Gasteiger charge is 2.04. The number of rotatable bonds is 1. The molecule has 1 heterocycles. The summed E-state index contributed by atoms with van der Waals surface area (Å²) in [5, 5.41) is 4.52. The normalized spacial score (nSPS) is 10.5. The van der Waals surface area contributed by atoms with Gasteiger partial charge >= 0.3 is 0 Å². The fourth-order valence-corrected chi connectivity index (χ4v) is 1.56. The molecule has 0 spiro atoms. The fourth-order valence-electron chi connectivity index (χ4n) is 1.06. The summed E-state index contributed by atoms with van der Waals surface area (Å²) in [5.41, 5.74) is 0.788. The van der Waals surface area contributed by atoms with Gasteiger partial charge in [-0.2, -0.15) is 5.10 Å². The highest BCUT2D eigenvalue weighted by molar-refractivity contribution is 14.1. The molecule has 2 nitrogen and oxygen atoms in total. The van der Waals surface area contributed by atoms with E-state index in [0.29, 0.717) is 5.15 Å². The van der Waals surface area contributed by atoms with E-state index in [2.05, 4.69) is 27.7 Å². The minimum atomic E-state index is -0.262. The molecule has 0 amide bonds. The molecule has 0 unspecified atom stereocenters. The van der Waals surface area contributed by atoms with Crippen LogP contribution < -0.4 is 0 Å². The van der Waals surface area contributed by atoms with Gasteiger partial charge in [0, 0.05) is 6.20 Å². The third kappa shape index (κ3) is 1.90. The third-order valence-electron chi connectivity index (χ3n) is 1.72. The van der Waals surface area contributed by atoms with Crippen LogP contribution in [0.15, 0.2) is 30.5 Å². The Morgan fingerprint density at radius 2 is 1.93 bits per heavy atom. The predicted molar refractivity (Wildman–Crippen MR) is 61.2 cm³/mol. The van der Waals surface area contributed by atoms with Crippen molar-refractivity contribution in [3.8, 4) is 5.69 Å². The van der Waals surface area contributed by atoms with Crippen molar-refractivity contribution in [2.75, 3.05) is 0 Å². The Balaban J connectivity index is 2.44. The van der Waals surface area contributed by atoms with E-state index in [9.17, 15) is 4.39 Å². The number of hydrogen-bond donors (Lipinski definition) is 0. The van der Waals surface area contributed by atoms with Gasteiger partial charge < -0.3 is 0 Å². The molecule has 1 aromatic heterocycles. The zero-order valence-electron chi connectivity index (χ0n) is 6.92. The average Bonchev–Trinajstić information content (AvgIpc) is 2.48. The Hall–Kier alpha value is -0.620. The Bertz CT molecular complexity index is 433. The summed E-state index contributed by atoms with van der Waals surface area (Å²) in [6.07, 6.45) is 1.79. The van der Waals surface area contributed by atoms with E-state index in [-0.39, 0.29) is 5.82 Å². The van der Waals surface area contributed by atoms with Crippen LogP contribution in [-0.2, 0) is 0 Å². The van der Waals surface area contributed by atoms with E-state index in [4.69, 9.17) is 11.6 Å². The molecule has 0 aliphatic carbocycles. The maximum atomic E-state index is 12.6. The Kier molecular flexibility index (Phi) is 2.73. The Morgan fingerprint density at radius 3 is 2.43 bits per heavy atom. The van der Waals surface area contributed by atoms with Crippen LogP contribution in [0.2, 0.25) is 5.15 Å². The largest absolute Gasteiger partial charge is 0.238 e. The summed E-state index contributed by atoms with van der Waals surface area (Å²) in [6, 6.07) is 6.07. The van der Waals surface area contributed by atoms with Gasteiger partial charge in [-0.3, -0.25) is 0 Å². The molecule has 14 heavy (non-hydrogen) atoms. The minimum absolute atomic E-state index is 0.262. The van der Waals surface area contributed by atoms with Gasteiger partial charge in [-0.1, -0.05) is 11.6 Å². The monoisotopic (exact) mass is 322 g/mol. The van der Waals surface area contributed by atoms with Crippen LogP contribution in [0.3, 0.4) is 0 Å². The molecule has 2 aromatic rings. The molecule has 0 radical (unpaired) electrons. The summed E-state index contributed by atoms with van der Waals surface area (Å²) < 4.78 is 15.1. The topological polar surface area (TPSA) is 17.8 Å². The maximum Gasteiger partial charge on any atom is 0.164 e. The quantitative estimate of drug-likeness (QED) is 0.737. The molecule has 0 bridgehead atoms. The van der Waals surface area contributed by atoms with Crippen LogP contribution >= 0.6 is 34.2 Å². The van der Waals surface area contributed by atoms with Gasteiger partial charge in [0.05, 0.1) is 9.26 Å². The van der Waals surface area contributed by atoms with E-state index < -0.39 is 0 Å². The fraction of sp³-hybridized carbons (Fsp3) is 0. The van der Waals surface area contributed by atoms with Crippen molar-refractivity contribution >= 4 is 34.2 Å². The van der Waals surface area contributed by atoms with Crippen molar-refractivity contribution in [3.63, 3.8) is 0 Å². The van der Waals surface area contributed by atoms with E-state index in [1.807, 2.05) is 0 Å². The van der Waals surface area contributed by atoms with Crippen LogP contribution in [0.1, 0.15) is 0 Å². The molecule has 72 valence electrons.